The van der Waals surface area contributed by atoms with Gasteiger partial charge in [-0.3, -0.25) is 4.79 Å². The van der Waals surface area contributed by atoms with E-state index >= 15 is 0 Å². The molecular formula is C10H16N2O3. The maximum absolute atomic E-state index is 11.4. The van der Waals surface area contributed by atoms with Crippen LogP contribution in [0.2, 0.25) is 0 Å². The Hall–Kier alpha value is -1.26. The van der Waals surface area contributed by atoms with Crippen LogP contribution in [0.3, 0.4) is 0 Å². The third-order valence-corrected chi connectivity index (χ3v) is 3.33. The van der Waals surface area contributed by atoms with E-state index in [0.717, 1.165) is 25.8 Å². The highest BCUT2D eigenvalue weighted by Crippen LogP contribution is 2.28. The van der Waals surface area contributed by atoms with Gasteiger partial charge in [-0.2, -0.15) is 0 Å². The van der Waals surface area contributed by atoms with E-state index in [1.165, 1.54) is 0 Å². The Labute approximate surface area is 88.4 Å². The van der Waals surface area contributed by atoms with Crippen molar-refractivity contribution < 1.29 is 14.7 Å². The molecule has 0 aromatic heterocycles. The lowest BCUT2D eigenvalue weighted by atomic mass is 9.85. The molecule has 5 nitrogen and oxygen atoms in total. The van der Waals surface area contributed by atoms with Gasteiger partial charge >= 0.3 is 12.0 Å². The fraction of sp³-hybridized carbons (Fsp3) is 0.800. The van der Waals surface area contributed by atoms with Crippen LogP contribution in [-0.2, 0) is 4.79 Å². The molecule has 0 aromatic carbocycles. The molecule has 2 amide bonds. The molecule has 1 saturated carbocycles. The average molecular weight is 212 g/mol. The van der Waals surface area contributed by atoms with E-state index in [-0.39, 0.29) is 18.0 Å². The number of hydrogen-bond acceptors (Lipinski definition) is 2. The third-order valence-electron chi connectivity index (χ3n) is 3.33. The minimum Gasteiger partial charge on any atom is -0.481 e. The minimum atomic E-state index is -0.723. The molecule has 2 fully saturated rings. The molecule has 0 aromatic rings. The number of carboxylic acids is 1. The molecule has 0 bridgehead atoms. The maximum atomic E-state index is 11.4. The Bertz CT molecular complexity index is 280. The van der Waals surface area contributed by atoms with Crippen molar-refractivity contribution >= 4 is 12.0 Å². The molecule has 2 aliphatic rings. The average Bonchev–Trinajstić information content (AvgIpc) is 2.64. The van der Waals surface area contributed by atoms with E-state index in [1.54, 1.807) is 4.90 Å². The van der Waals surface area contributed by atoms with Crippen LogP contribution in [0.25, 0.3) is 0 Å². The summed E-state index contributed by atoms with van der Waals surface area (Å²) in [6, 6.07) is 0.0911. The summed E-state index contributed by atoms with van der Waals surface area (Å²) in [7, 11) is 0. The molecule has 2 atom stereocenters. The minimum absolute atomic E-state index is 0.0361. The van der Waals surface area contributed by atoms with Gasteiger partial charge in [-0.1, -0.05) is 6.42 Å². The van der Waals surface area contributed by atoms with Gasteiger partial charge in [-0.05, 0) is 19.3 Å². The molecule has 5 heteroatoms. The van der Waals surface area contributed by atoms with Crippen LogP contribution in [0.1, 0.15) is 25.7 Å². The Balaban J connectivity index is 1.97. The van der Waals surface area contributed by atoms with E-state index < -0.39 is 5.97 Å². The second-order valence-electron chi connectivity index (χ2n) is 4.28. The van der Waals surface area contributed by atoms with Crippen LogP contribution in [0.15, 0.2) is 0 Å². The lowest BCUT2D eigenvalue weighted by Crippen LogP contribution is -2.42. The molecule has 84 valence electrons. The molecule has 0 radical (unpaired) electrons. The van der Waals surface area contributed by atoms with Crippen molar-refractivity contribution in [3.8, 4) is 0 Å². The number of nitrogens with one attached hydrogen (secondary N) is 1. The van der Waals surface area contributed by atoms with E-state index in [2.05, 4.69) is 5.32 Å². The zero-order valence-corrected chi connectivity index (χ0v) is 8.61. The van der Waals surface area contributed by atoms with Crippen LogP contribution >= 0.6 is 0 Å². The Kier molecular flexibility index (Phi) is 2.79. The lowest BCUT2D eigenvalue weighted by molar-refractivity contribution is -0.143. The van der Waals surface area contributed by atoms with Gasteiger partial charge < -0.3 is 15.3 Å². The van der Waals surface area contributed by atoms with Gasteiger partial charge in [0.1, 0.15) is 0 Å². The van der Waals surface area contributed by atoms with Crippen molar-refractivity contribution in [3.05, 3.63) is 0 Å². The summed E-state index contributed by atoms with van der Waals surface area (Å²) in [6.45, 7) is 1.41. The number of hydrogen-bond donors (Lipinski definition) is 2. The van der Waals surface area contributed by atoms with Gasteiger partial charge in [0.2, 0.25) is 0 Å². The molecular weight excluding hydrogens is 196 g/mol. The molecule has 15 heavy (non-hydrogen) atoms. The molecule has 0 spiro atoms. The van der Waals surface area contributed by atoms with Gasteiger partial charge in [0.15, 0.2) is 0 Å². The highest BCUT2D eigenvalue weighted by atomic mass is 16.4. The first kappa shape index (κ1) is 10.3. The van der Waals surface area contributed by atoms with Gasteiger partial charge in [0, 0.05) is 19.1 Å². The number of carboxylic acid groups (broad SMARTS) is 1. The largest absolute Gasteiger partial charge is 0.481 e. The van der Waals surface area contributed by atoms with Gasteiger partial charge in [-0.25, -0.2) is 4.79 Å². The fourth-order valence-electron chi connectivity index (χ4n) is 2.51. The molecule has 1 aliphatic heterocycles. The van der Waals surface area contributed by atoms with Crippen LogP contribution in [-0.4, -0.2) is 41.1 Å². The van der Waals surface area contributed by atoms with Gasteiger partial charge in [-0.15, -0.1) is 0 Å². The van der Waals surface area contributed by atoms with Crippen molar-refractivity contribution in [1.82, 2.24) is 10.2 Å². The standard InChI is InChI=1S/C10H16N2O3/c13-9(14)7-2-1-3-8(6-7)12-5-4-11-10(12)15/h7-8H,1-6H2,(H,11,15)(H,13,14). The van der Waals surface area contributed by atoms with Crippen molar-refractivity contribution in [3.63, 3.8) is 0 Å². The summed E-state index contributed by atoms with van der Waals surface area (Å²) >= 11 is 0. The molecule has 1 saturated heterocycles. The molecule has 1 heterocycles. The number of amides is 2. The lowest BCUT2D eigenvalue weighted by Gasteiger charge is -2.32. The summed E-state index contributed by atoms with van der Waals surface area (Å²) in [6.07, 6.45) is 3.21. The second kappa shape index (κ2) is 4.08. The van der Waals surface area contributed by atoms with Crippen molar-refractivity contribution in [2.24, 2.45) is 5.92 Å². The summed E-state index contributed by atoms with van der Waals surface area (Å²) < 4.78 is 0. The number of aliphatic carboxylic acids is 1. The molecule has 2 unspecified atom stereocenters. The fourth-order valence-corrected chi connectivity index (χ4v) is 2.51. The summed E-state index contributed by atoms with van der Waals surface area (Å²) in [5.41, 5.74) is 0. The van der Waals surface area contributed by atoms with E-state index in [4.69, 9.17) is 5.11 Å². The molecule has 1 aliphatic carbocycles. The van der Waals surface area contributed by atoms with Gasteiger partial charge in [0.05, 0.1) is 5.92 Å². The van der Waals surface area contributed by atoms with Crippen LogP contribution in [0.4, 0.5) is 4.79 Å². The summed E-state index contributed by atoms with van der Waals surface area (Å²) in [4.78, 5) is 24.1. The van der Waals surface area contributed by atoms with Crippen molar-refractivity contribution in [2.45, 2.75) is 31.7 Å². The highest BCUT2D eigenvalue weighted by molar-refractivity contribution is 5.76. The van der Waals surface area contributed by atoms with Crippen molar-refractivity contribution in [1.29, 1.82) is 0 Å². The van der Waals surface area contributed by atoms with Crippen LogP contribution in [0.5, 0.6) is 0 Å². The summed E-state index contributed by atoms with van der Waals surface area (Å²) in [5.74, 6) is -0.989. The van der Waals surface area contributed by atoms with Crippen molar-refractivity contribution in [2.75, 3.05) is 13.1 Å². The smallest absolute Gasteiger partial charge is 0.317 e. The predicted octanol–water partition coefficient (Wildman–Crippen LogP) is 0.655. The predicted molar refractivity (Wildman–Crippen MR) is 53.5 cm³/mol. The quantitative estimate of drug-likeness (QED) is 0.706. The first-order valence-corrected chi connectivity index (χ1v) is 5.46. The third kappa shape index (κ3) is 2.06. The molecule has 2 rings (SSSR count). The number of rotatable bonds is 2. The number of carbonyl (C=O) groups is 2. The van der Waals surface area contributed by atoms with Crippen LogP contribution in [0, 0.1) is 5.92 Å². The zero-order valence-electron chi connectivity index (χ0n) is 8.61. The van der Waals surface area contributed by atoms with Crippen LogP contribution < -0.4 is 5.32 Å². The Morgan fingerprint density at radius 3 is 2.87 bits per heavy atom. The van der Waals surface area contributed by atoms with E-state index in [9.17, 15) is 9.59 Å². The maximum Gasteiger partial charge on any atom is 0.317 e. The second-order valence-corrected chi connectivity index (χ2v) is 4.28. The highest BCUT2D eigenvalue weighted by Gasteiger charge is 2.34. The normalized spacial score (nSPS) is 31.5. The van der Waals surface area contributed by atoms with E-state index in [0.29, 0.717) is 13.0 Å². The number of carbonyl (C=O) groups excluding carboxylic acids is 1. The topological polar surface area (TPSA) is 69.6 Å². The van der Waals surface area contributed by atoms with Gasteiger partial charge in [0.25, 0.3) is 0 Å². The summed E-state index contributed by atoms with van der Waals surface area (Å²) in [5, 5.41) is 11.7. The number of urea groups is 1. The first-order chi connectivity index (χ1) is 7.18. The first-order valence-electron chi connectivity index (χ1n) is 5.46. The van der Waals surface area contributed by atoms with E-state index in [1.807, 2.05) is 0 Å². The Morgan fingerprint density at radius 1 is 1.47 bits per heavy atom. The SMILES string of the molecule is O=C(O)C1CCCC(N2CCNC2=O)C1. The number of nitrogens with zero attached hydrogens (tertiary/aromatic N) is 1. The zero-order chi connectivity index (χ0) is 10.8. The molecule has 2 N–H and O–H groups in total. The Morgan fingerprint density at radius 2 is 2.27 bits per heavy atom. The monoisotopic (exact) mass is 212 g/mol.